The Labute approximate surface area is 98.8 Å². The summed E-state index contributed by atoms with van der Waals surface area (Å²) in [5, 5.41) is 0. The van der Waals surface area contributed by atoms with E-state index in [2.05, 4.69) is 46.3 Å². The van der Waals surface area contributed by atoms with Gasteiger partial charge in [-0.15, -0.1) is 0 Å². The van der Waals surface area contributed by atoms with Crippen molar-refractivity contribution in [3.05, 3.63) is 35.9 Å². The molecule has 1 saturated carbocycles. The van der Waals surface area contributed by atoms with Crippen LogP contribution >= 0.6 is 15.9 Å². The first kappa shape index (κ1) is 8.77. The lowest BCUT2D eigenvalue weighted by Crippen LogP contribution is -2.25. The van der Waals surface area contributed by atoms with Gasteiger partial charge in [0.05, 0.1) is 11.4 Å². The largest absolute Gasteiger partial charge is 0.304 e. The predicted molar refractivity (Wildman–Crippen MR) is 63.7 cm³/mol. The zero-order chi connectivity index (χ0) is 10.0. The number of benzene rings is 1. The smallest absolute Gasteiger partial charge is 0.155 e. The summed E-state index contributed by atoms with van der Waals surface area (Å²) in [5.41, 5.74) is 1.52. The summed E-state index contributed by atoms with van der Waals surface area (Å²) in [6.07, 6.45) is 1.48. The maximum atomic E-state index is 3.89. The van der Waals surface area contributed by atoms with E-state index in [0.29, 0.717) is 0 Å². The molecule has 5 atom stereocenters. The molecule has 0 spiro atoms. The molecule has 3 saturated heterocycles. The third-order valence-electron chi connectivity index (χ3n) is 4.77. The number of hydrogen-bond donors (Lipinski definition) is 0. The van der Waals surface area contributed by atoms with E-state index in [1.54, 1.807) is 0 Å². The first-order valence-electron chi connectivity index (χ1n) is 5.86. The van der Waals surface area contributed by atoms with Gasteiger partial charge < -0.3 is 4.48 Å². The van der Waals surface area contributed by atoms with Crippen LogP contribution in [0.5, 0.6) is 0 Å². The molecule has 4 aliphatic rings. The predicted octanol–water partition coefficient (Wildman–Crippen LogP) is 2.55. The van der Waals surface area contributed by atoms with E-state index in [-0.39, 0.29) is 0 Å². The third-order valence-corrected chi connectivity index (χ3v) is 6.06. The summed E-state index contributed by atoms with van der Waals surface area (Å²) in [6.45, 7) is 2.70. The zero-order valence-corrected chi connectivity index (χ0v) is 10.2. The van der Waals surface area contributed by atoms with Gasteiger partial charge in [-0.2, -0.15) is 0 Å². The molecular weight excluding hydrogens is 250 g/mol. The molecule has 0 radical (unpaired) electrons. The summed E-state index contributed by atoms with van der Waals surface area (Å²) in [6, 6.07) is 13.0. The van der Waals surface area contributed by atoms with Gasteiger partial charge in [0.2, 0.25) is 0 Å². The number of alkyl halides is 1. The highest BCUT2D eigenvalue weighted by Gasteiger charge is 2.81. The Balaban J connectivity index is 1.63. The average molecular weight is 265 g/mol. The monoisotopic (exact) mass is 264 g/mol. The molecule has 78 valence electrons. The van der Waals surface area contributed by atoms with Crippen LogP contribution in [0.15, 0.2) is 30.3 Å². The lowest BCUT2D eigenvalue weighted by molar-refractivity contribution is -0.823. The first-order chi connectivity index (χ1) is 7.31. The van der Waals surface area contributed by atoms with Gasteiger partial charge in [-0.3, -0.25) is 0 Å². The van der Waals surface area contributed by atoms with E-state index in [0.717, 1.165) is 22.8 Å². The van der Waals surface area contributed by atoms with Gasteiger partial charge in [-0.05, 0) is 0 Å². The van der Waals surface area contributed by atoms with E-state index >= 15 is 0 Å². The SMILES string of the molecule is Br[C@H]1[C@@H]2C[C@@H]3[C@@H]1[N+]3(Cc1ccccc1)C2. The lowest BCUT2D eigenvalue weighted by atomic mass is 10.1. The summed E-state index contributed by atoms with van der Waals surface area (Å²) >= 11 is 3.89. The number of halogens is 1. The van der Waals surface area contributed by atoms with Crippen molar-refractivity contribution in [3.63, 3.8) is 0 Å². The fourth-order valence-electron chi connectivity index (χ4n) is 4.18. The van der Waals surface area contributed by atoms with Crippen molar-refractivity contribution in [2.24, 2.45) is 5.92 Å². The highest BCUT2D eigenvalue weighted by molar-refractivity contribution is 9.09. The normalized spacial score (nSPS) is 49.7. The lowest BCUT2D eigenvalue weighted by Gasteiger charge is -2.15. The third kappa shape index (κ3) is 0.974. The summed E-state index contributed by atoms with van der Waals surface area (Å²) in [4.78, 5) is 0.825. The minimum absolute atomic E-state index is 0.825. The molecular formula is C13H15BrN+. The van der Waals surface area contributed by atoms with Gasteiger partial charge in [0.1, 0.15) is 12.6 Å². The molecule has 4 fully saturated rings. The van der Waals surface area contributed by atoms with Crippen LogP contribution < -0.4 is 0 Å². The summed E-state index contributed by atoms with van der Waals surface area (Å²) < 4.78 is 1.41. The molecule has 3 heterocycles. The van der Waals surface area contributed by atoms with Gasteiger partial charge in [0, 0.05) is 17.9 Å². The minimum atomic E-state index is 0.825. The Morgan fingerprint density at radius 1 is 1.27 bits per heavy atom. The molecule has 1 nitrogen and oxygen atoms in total. The zero-order valence-electron chi connectivity index (χ0n) is 8.64. The number of piperidine rings is 3. The first-order valence-corrected chi connectivity index (χ1v) is 6.77. The van der Waals surface area contributed by atoms with Crippen LogP contribution in [0.25, 0.3) is 0 Å². The highest BCUT2D eigenvalue weighted by Crippen LogP contribution is 2.64. The molecule has 0 aromatic heterocycles. The molecule has 1 aliphatic carbocycles. The van der Waals surface area contributed by atoms with Gasteiger partial charge in [0.25, 0.3) is 0 Å². The van der Waals surface area contributed by atoms with Gasteiger partial charge >= 0.3 is 0 Å². The molecule has 1 aromatic rings. The van der Waals surface area contributed by atoms with E-state index in [9.17, 15) is 0 Å². The fraction of sp³-hybridized carbons (Fsp3) is 0.538. The van der Waals surface area contributed by atoms with Crippen molar-refractivity contribution < 1.29 is 4.48 Å². The Bertz CT molecular complexity index is 404. The summed E-state index contributed by atoms with van der Waals surface area (Å²) in [7, 11) is 0. The topological polar surface area (TPSA) is 0 Å². The highest BCUT2D eigenvalue weighted by atomic mass is 79.9. The van der Waals surface area contributed by atoms with Crippen molar-refractivity contribution in [2.75, 3.05) is 6.54 Å². The minimum Gasteiger partial charge on any atom is -0.304 e. The molecule has 2 heteroatoms. The Morgan fingerprint density at radius 3 is 2.60 bits per heavy atom. The van der Waals surface area contributed by atoms with Crippen molar-refractivity contribution in [1.29, 1.82) is 0 Å². The maximum Gasteiger partial charge on any atom is 0.155 e. The van der Waals surface area contributed by atoms with Crippen molar-refractivity contribution in [1.82, 2.24) is 0 Å². The Hall–Kier alpha value is -0.340. The van der Waals surface area contributed by atoms with E-state index < -0.39 is 0 Å². The van der Waals surface area contributed by atoms with Crippen LogP contribution in [0.2, 0.25) is 0 Å². The second kappa shape index (κ2) is 2.67. The van der Waals surface area contributed by atoms with Crippen LogP contribution in [0.1, 0.15) is 12.0 Å². The molecule has 0 amide bonds. The number of nitrogens with zero attached hydrogens (tertiary/aromatic N) is 1. The molecule has 3 aliphatic heterocycles. The average Bonchev–Trinajstić information content (AvgIpc) is 2.55. The van der Waals surface area contributed by atoms with Crippen LogP contribution in [0.3, 0.4) is 0 Å². The molecule has 5 rings (SSSR count). The maximum absolute atomic E-state index is 3.89. The van der Waals surface area contributed by atoms with Gasteiger partial charge in [-0.25, -0.2) is 0 Å². The standard InChI is InChI=1S/C13H15BrN/c14-12-10-6-11-13(12)15(11,8-10)7-9-4-2-1-3-5-9/h1-5,10-13H,6-8H2/q+1/t10-,11-,12+,13+,15?/m1/s1. The van der Waals surface area contributed by atoms with Gasteiger partial charge in [-0.1, -0.05) is 46.3 Å². The Kier molecular flexibility index (Phi) is 1.56. The van der Waals surface area contributed by atoms with Crippen LogP contribution in [0, 0.1) is 5.92 Å². The van der Waals surface area contributed by atoms with E-state index in [1.165, 1.54) is 29.6 Å². The molecule has 1 unspecified atom stereocenters. The van der Waals surface area contributed by atoms with Crippen molar-refractivity contribution >= 4 is 15.9 Å². The number of hydrogen-bond acceptors (Lipinski definition) is 0. The summed E-state index contributed by atoms with van der Waals surface area (Å²) in [5.74, 6) is 0.976. The molecule has 1 aromatic carbocycles. The number of quaternary nitrogens is 1. The second-order valence-electron chi connectivity index (χ2n) is 5.43. The van der Waals surface area contributed by atoms with E-state index in [1.807, 2.05) is 0 Å². The molecule has 15 heavy (non-hydrogen) atoms. The molecule has 4 bridgehead atoms. The quantitative estimate of drug-likeness (QED) is 0.438. The second-order valence-corrected chi connectivity index (χ2v) is 6.48. The van der Waals surface area contributed by atoms with E-state index in [4.69, 9.17) is 0 Å². The van der Waals surface area contributed by atoms with Crippen molar-refractivity contribution in [2.45, 2.75) is 29.9 Å². The van der Waals surface area contributed by atoms with Crippen LogP contribution in [-0.4, -0.2) is 27.9 Å². The van der Waals surface area contributed by atoms with Crippen molar-refractivity contribution in [3.8, 4) is 0 Å². The van der Waals surface area contributed by atoms with Crippen LogP contribution in [-0.2, 0) is 6.54 Å². The number of rotatable bonds is 2. The Morgan fingerprint density at radius 2 is 2.07 bits per heavy atom. The van der Waals surface area contributed by atoms with Gasteiger partial charge in [0.15, 0.2) is 6.04 Å². The molecule has 0 N–H and O–H groups in total. The van der Waals surface area contributed by atoms with Crippen LogP contribution in [0.4, 0.5) is 0 Å². The fourth-order valence-corrected chi connectivity index (χ4v) is 5.39.